The second kappa shape index (κ2) is 6.44. The predicted octanol–water partition coefficient (Wildman–Crippen LogP) is 3.80. The van der Waals surface area contributed by atoms with Gasteiger partial charge in [0, 0.05) is 12.2 Å². The number of likely N-dealkylation sites (N-methyl/N-ethyl adjacent to an activating group) is 1. The molecular formula is C15H19Cl3N2O2. The van der Waals surface area contributed by atoms with Gasteiger partial charge in [-0.1, -0.05) is 11.6 Å². The number of amides is 1. The van der Waals surface area contributed by atoms with E-state index in [0.717, 1.165) is 6.54 Å². The van der Waals surface area contributed by atoms with Gasteiger partial charge in [0.2, 0.25) is 5.91 Å². The van der Waals surface area contributed by atoms with Crippen LogP contribution in [0.2, 0.25) is 5.02 Å². The van der Waals surface area contributed by atoms with Crippen LogP contribution in [-0.2, 0) is 4.79 Å². The van der Waals surface area contributed by atoms with Crippen LogP contribution in [-0.4, -0.2) is 42.4 Å². The molecule has 1 unspecified atom stereocenters. The highest BCUT2D eigenvalue weighted by atomic mass is 35.5. The van der Waals surface area contributed by atoms with Crippen LogP contribution in [0.3, 0.4) is 0 Å². The van der Waals surface area contributed by atoms with E-state index in [-0.39, 0.29) is 5.91 Å². The molecule has 0 aromatic heterocycles. The number of carbonyl (C=O) groups excluding carboxylic acids is 1. The molecule has 0 heterocycles. The second-order valence-electron chi connectivity index (χ2n) is 5.96. The first-order valence-corrected chi connectivity index (χ1v) is 8.05. The third-order valence-corrected chi connectivity index (χ3v) is 5.14. The topological polar surface area (TPSA) is 41.6 Å². The van der Waals surface area contributed by atoms with Gasteiger partial charge in [-0.3, -0.25) is 4.79 Å². The van der Waals surface area contributed by atoms with E-state index in [1.54, 1.807) is 25.1 Å². The third kappa shape index (κ3) is 3.80. The van der Waals surface area contributed by atoms with Gasteiger partial charge in [0.1, 0.15) is 16.7 Å². The Morgan fingerprint density at radius 1 is 1.41 bits per heavy atom. The molecule has 0 spiro atoms. The molecule has 1 N–H and O–H groups in total. The maximum atomic E-state index is 12.2. The summed E-state index contributed by atoms with van der Waals surface area (Å²) in [5.74, 6) is 0.373. The van der Waals surface area contributed by atoms with E-state index in [9.17, 15) is 4.79 Å². The lowest BCUT2D eigenvalue weighted by Gasteiger charge is -2.15. The van der Waals surface area contributed by atoms with Crippen molar-refractivity contribution >= 4 is 46.4 Å². The van der Waals surface area contributed by atoms with Gasteiger partial charge in [-0.05, 0) is 45.6 Å². The van der Waals surface area contributed by atoms with Crippen LogP contribution in [0, 0.1) is 5.41 Å². The molecule has 1 fully saturated rings. The summed E-state index contributed by atoms with van der Waals surface area (Å²) in [6.45, 7) is 3.07. The van der Waals surface area contributed by atoms with Crippen LogP contribution in [0.5, 0.6) is 5.75 Å². The number of hydrogen-bond acceptors (Lipinski definition) is 3. The Hall–Kier alpha value is -0.680. The first-order valence-electron chi connectivity index (χ1n) is 6.92. The number of nitrogens with zero attached hydrogens (tertiary/aromatic N) is 1. The van der Waals surface area contributed by atoms with E-state index >= 15 is 0 Å². The monoisotopic (exact) mass is 364 g/mol. The zero-order valence-electron chi connectivity index (χ0n) is 12.8. The van der Waals surface area contributed by atoms with Crippen molar-refractivity contribution in [2.24, 2.45) is 5.41 Å². The van der Waals surface area contributed by atoms with Crippen LogP contribution in [0.4, 0.5) is 5.69 Å². The molecule has 0 bridgehead atoms. The molecule has 1 aromatic carbocycles. The molecule has 0 radical (unpaired) electrons. The quantitative estimate of drug-likeness (QED) is 0.780. The highest BCUT2D eigenvalue weighted by molar-refractivity contribution is 6.53. The molecule has 1 saturated carbocycles. The number of benzene rings is 1. The molecule has 0 aliphatic heterocycles. The first-order chi connectivity index (χ1) is 10.2. The number of alkyl halides is 2. The lowest BCUT2D eigenvalue weighted by atomic mass is 10.1. The van der Waals surface area contributed by atoms with Crippen LogP contribution < -0.4 is 10.1 Å². The molecular weight excluding hydrogens is 347 g/mol. The van der Waals surface area contributed by atoms with Crippen molar-refractivity contribution in [1.82, 2.24) is 4.90 Å². The van der Waals surface area contributed by atoms with E-state index in [1.807, 2.05) is 19.0 Å². The van der Waals surface area contributed by atoms with Gasteiger partial charge < -0.3 is 15.0 Å². The maximum absolute atomic E-state index is 12.2. The fourth-order valence-electron chi connectivity index (χ4n) is 1.95. The normalized spacial score (nSPS) is 22.5. The van der Waals surface area contributed by atoms with E-state index in [1.165, 1.54) is 0 Å². The SMILES string of the molecule is CN(C)CCOc1ccc(NC(=O)C2(C)CC2(Cl)Cl)cc1Cl. The number of rotatable bonds is 6. The maximum Gasteiger partial charge on any atom is 0.233 e. The minimum atomic E-state index is -0.990. The average molecular weight is 366 g/mol. The number of anilines is 1. The van der Waals surface area contributed by atoms with E-state index < -0.39 is 9.75 Å². The Morgan fingerprint density at radius 3 is 2.55 bits per heavy atom. The van der Waals surface area contributed by atoms with Crippen molar-refractivity contribution in [3.8, 4) is 5.75 Å². The van der Waals surface area contributed by atoms with E-state index in [4.69, 9.17) is 39.5 Å². The Labute approximate surface area is 145 Å². The molecule has 4 nitrogen and oxygen atoms in total. The Balaban J connectivity index is 1.96. The van der Waals surface area contributed by atoms with E-state index in [2.05, 4.69) is 5.32 Å². The zero-order valence-corrected chi connectivity index (χ0v) is 15.0. The lowest BCUT2D eigenvalue weighted by Crippen LogP contribution is -2.25. The smallest absolute Gasteiger partial charge is 0.233 e. The van der Waals surface area contributed by atoms with E-state index in [0.29, 0.717) is 29.5 Å². The minimum absolute atomic E-state index is 0.213. The molecule has 2 rings (SSSR count). The highest BCUT2D eigenvalue weighted by Crippen LogP contribution is 2.64. The van der Waals surface area contributed by atoms with Crippen LogP contribution in [0.25, 0.3) is 0 Å². The molecule has 1 aliphatic rings. The summed E-state index contributed by atoms with van der Waals surface area (Å²) in [5, 5.41) is 3.23. The first kappa shape index (κ1) is 17.7. The molecule has 0 saturated heterocycles. The fraction of sp³-hybridized carbons (Fsp3) is 0.533. The van der Waals surface area contributed by atoms with Crippen LogP contribution >= 0.6 is 34.8 Å². The number of halogens is 3. The van der Waals surface area contributed by atoms with Crippen LogP contribution in [0.15, 0.2) is 18.2 Å². The molecule has 7 heteroatoms. The van der Waals surface area contributed by atoms with Crippen molar-refractivity contribution < 1.29 is 9.53 Å². The van der Waals surface area contributed by atoms with Gasteiger partial charge in [0.05, 0.1) is 10.4 Å². The number of nitrogens with one attached hydrogen (secondary N) is 1. The Bertz CT molecular complexity index is 578. The summed E-state index contributed by atoms with van der Waals surface area (Å²) < 4.78 is 4.60. The van der Waals surface area contributed by atoms with Gasteiger partial charge in [0.25, 0.3) is 0 Å². The van der Waals surface area contributed by atoms with Gasteiger partial charge in [-0.25, -0.2) is 0 Å². The molecule has 22 heavy (non-hydrogen) atoms. The number of carbonyl (C=O) groups is 1. The van der Waals surface area contributed by atoms with Crippen molar-refractivity contribution in [2.75, 3.05) is 32.6 Å². The van der Waals surface area contributed by atoms with Crippen molar-refractivity contribution in [3.63, 3.8) is 0 Å². The zero-order chi connectivity index (χ0) is 16.5. The van der Waals surface area contributed by atoms with Gasteiger partial charge >= 0.3 is 0 Å². The fourth-order valence-corrected chi connectivity index (χ4v) is 2.89. The molecule has 1 atom stereocenters. The molecule has 122 valence electrons. The van der Waals surface area contributed by atoms with Crippen molar-refractivity contribution in [3.05, 3.63) is 23.2 Å². The van der Waals surface area contributed by atoms with Crippen LogP contribution in [0.1, 0.15) is 13.3 Å². The Morgan fingerprint density at radius 2 is 2.05 bits per heavy atom. The summed E-state index contributed by atoms with van der Waals surface area (Å²) in [6, 6.07) is 5.13. The summed E-state index contributed by atoms with van der Waals surface area (Å²) >= 11 is 18.2. The van der Waals surface area contributed by atoms with Gasteiger partial charge in [-0.2, -0.15) is 0 Å². The molecule has 1 aromatic rings. The molecule has 1 amide bonds. The highest BCUT2D eigenvalue weighted by Gasteiger charge is 2.67. The van der Waals surface area contributed by atoms with Crippen molar-refractivity contribution in [2.45, 2.75) is 17.7 Å². The van der Waals surface area contributed by atoms with Gasteiger partial charge in [0.15, 0.2) is 0 Å². The lowest BCUT2D eigenvalue weighted by molar-refractivity contribution is -0.120. The predicted molar refractivity (Wildman–Crippen MR) is 91.3 cm³/mol. The summed E-state index contributed by atoms with van der Waals surface area (Å²) in [4.78, 5) is 14.2. The third-order valence-electron chi connectivity index (χ3n) is 3.74. The largest absolute Gasteiger partial charge is 0.491 e. The molecule has 1 aliphatic carbocycles. The summed E-state index contributed by atoms with van der Waals surface area (Å²) in [5.41, 5.74) is -0.170. The second-order valence-corrected chi connectivity index (χ2v) is 7.86. The summed E-state index contributed by atoms with van der Waals surface area (Å²) in [7, 11) is 3.94. The minimum Gasteiger partial charge on any atom is -0.491 e. The Kier molecular flexibility index (Phi) is 5.17. The number of hydrogen-bond donors (Lipinski definition) is 1. The average Bonchev–Trinajstić information content (AvgIpc) is 2.92. The standard InChI is InChI=1S/C15H19Cl3N2O2/c1-14(9-15(14,17)18)13(21)19-10-4-5-12(11(16)8-10)22-7-6-20(2)3/h4-5,8H,6-7,9H2,1-3H3,(H,19,21). The number of ether oxygens (including phenoxy) is 1. The summed E-state index contributed by atoms with van der Waals surface area (Å²) in [6.07, 6.45) is 0.439. The van der Waals surface area contributed by atoms with Crippen molar-refractivity contribution in [1.29, 1.82) is 0 Å². The van der Waals surface area contributed by atoms with Gasteiger partial charge in [-0.15, -0.1) is 23.2 Å².